The van der Waals surface area contributed by atoms with E-state index in [0.717, 1.165) is 5.56 Å². The maximum atomic E-state index is 12.6. The number of carbonyl (C=O) groups is 3. The number of carbonyl (C=O) groups excluding carboxylic acids is 3. The summed E-state index contributed by atoms with van der Waals surface area (Å²) in [7, 11) is 1.51. The number of hydrogen-bond acceptors (Lipinski definition) is 6. The number of anilines is 1. The van der Waals surface area contributed by atoms with Crippen molar-refractivity contribution in [3.8, 4) is 5.75 Å². The first-order valence-electron chi connectivity index (χ1n) is 9.23. The maximum absolute atomic E-state index is 12.6. The van der Waals surface area contributed by atoms with Crippen LogP contribution in [0, 0.1) is 12.8 Å². The first kappa shape index (κ1) is 22.4. The van der Waals surface area contributed by atoms with Gasteiger partial charge in [-0.05, 0) is 48.9 Å². The second kappa shape index (κ2) is 10.1. The van der Waals surface area contributed by atoms with Crippen molar-refractivity contribution in [2.75, 3.05) is 12.4 Å². The zero-order valence-corrected chi connectivity index (χ0v) is 18.0. The van der Waals surface area contributed by atoms with Crippen LogP contribution in [0.15, 0.2) is 35.7 Å². The number of aryl methyl sites for hydroxylation is 1. The van der Waals surface area contributed by atoms with Crippen LogP contribution >= 0.6 is 11.3 Å². The number of ether oxygens (including phenoxy) is 2. The minimum absolute atomic E-state index is 0.210. The van der Waals surface area contributed by atoms with E-state index in [0.29, 0.717) is 16.3 Å². The first-order valence-corrected chi connectivity index (χ1v) is 10.1. The lowest BCUT2D eigenvalue weighted by Gasteiger charge is -2.23. The number of thiophene rings is 1. The molecular formula is C21H26N2O5S. The lowest BCUT2D eigenvalue weighted by atomic mass is 10.0. The fourth-order valence-electron chi connectivity index (χ4n) is 2.57. The van der Waals surface area contributed by atoms with Crippen LogP contribution in [0.25, 0.3) is 0 Å². The molecule has 8 heteroatoms. The summed E-state index contributed by atoms with van der Waals surface area (Å²) < 4.78 is 10.6. The van der Waals surface area contributed by atoms with E-state index >= 15 is 0 Å². The molecule has 2 atom stereocenters. The molecule has 7 nitrogen and oxygen atoms in total. The van der Waals surface area contributed by atoms with E-state index in [9.17, 15) is 14.4 Å². The molecule has 0 bridgehead atoms. The van der Waals surface area contributed by atoms with Crippen molar-refractivity contribution in [2.24, 2.45) is 5.92 Å². The van der Waals surface area contributed by atoms with Gasteiger partial charge in [0.1, 0.15) is 11.8 Å². The second-order valence-electron chi connectivity index (χ2n) is 6.94. The zero-order chi connectivity index (χ0) is 21.6. The highest BCUT2D eigenvalue weighted by Crippen LogP contribution is 2.25. The molecule has 2 rings (SSSR count). The van der Waals surface area contributed by atoms with E-state index in [1.807, 2.05) is 13.0 Å². The van der Waals surface area contributed by atoms with Gasteiger partial charge in [-0.3, -0.25) is 9.59 Å². The van der Waals surface area contributed by atoms with Crippen molar-refractivity contribution in [1.82, 2.24) is 5.32 Å². The van der Waals surface area contributed by atoms with Crippen LogP contribution in [0.1, 0.15) is 36.0 Å². The van der Waals surface area contributed by atoms with Crippen LogP contribution in [0.2, 0.25) is 0 Å². The normalized spacial score (nSPS) is 12.8. The molecule has 0 saturated heterocycles. The Morgan fingerprint density at radius 3 is 2.41 bits per heavy atom. The zero-order valence-electron chi connectivity index (χ0n) is 17.1. The van der Waals surface area contributed by atoms with Crippen molar-refractivity contribution >= 4 is 34.8 Å². The van der Waals surface area contributed by atoms with Gasteiger partial charge in [0, 0.05) is 0 Å². The van der Waals surface area contributed by atoms with Crippen LogP contribution in [0.3, 0.4) is 0 Å². The van der Waals surface area contributed by atoms with Gasteiger partial charge in [0.05, 0.1) is 17.7 Å². The Hall–Kier alpha value is -2.87. The van der Waals surface area contributed by atoms with E-state index in [1.54, 1.807) is 43.5 Å². The average Bonchev–Trinajstić information content (AvgIpc) is 3.20. The smallest absolute Gasteiger partial charge is 0.329 e. The molecule has 2 N–H and O–H groups in total. The Morgan fingerprint density at radius 2 is 1.83 bits per heavy atom. The van der Waals surface area contributed by atoms with Crippen molar-refractivity contribution in [3.05, 3.63) is 46.2 Å². The van der Waals surface area contributed by atoms with E-state index < -0.39 is 24.0 Å². The van der Waals surface area contributed by atoms with Gasteiger partial charge in [-0.2, -0.15) is 0 Å². The Balaban J connectivity index is 2.02. The third-order valence-corrected chi connectivity index (χ3v) is 5.10. The molecule has 0 fully saturated rings. The van der Waals surface area contributed by atoms with Crippen LogP contribution in [-0.2, 0) is 14.3 Å². The minimum atomic E-state index is -1.05. The number of benzene rings is 1. The molecule has 0 saturated carbocycles. The largest absolute Gasteiger partial charge is 0.495 e. The summed E-state index contributed by atoms with van der Waals surface area (Å²) in [6.45, 7) is 6.96. The molecule has 1 heterocycles. The standard InChI is InChI=1S/C21H26N2O5S/c1-12(2)18(23-20(25)17-7-6-10-29-17)21(26)28-14(4)19(24)22-15-11-13(3)8-9-16(15)27-5/h6-12,14,18H,1-5H3,(H,22,24)(H,23,25)/t14-,18+/m0/s1. The third-order valence-electron chi connectivity index (χ3n) is 4.23. The molecule has 29 heavy (non-hydrogen) atoms. The molecule has 1 aromatic heterocycles. The molecule has 0 aliphatic rings. The molecule has 0 spiro atoms. The highest BCUT2D eigenvalue weighted by Gasteiger charge is 2.29. The summed E-state index contributed by atoms with van der Waals surface area (Å²) in [5.41, 5.74) is 1.44. The fraction of sp³-hybridized carbons (Fsp3) is 0.381. The van der Waals surface area contributed by atoms with Gasteiger partial charge in [0.15, 0.2) is 6.10 Å². The predicted octanol–water partition coefficient (Wildman–Crippen LogP) is 3.39. The quantitative estimate of drug-likeness (QED) is 0.641. The Kier molecular flexibility index (Phi) is 7.78. The van der Waals surface area contributed by atoms with Crippen LogP contribution in [0.4, 0.5) is 5.69 Å². The molecule has 156 valence electrons. The van der Waals surface area contributed by atoms with Crippen molar-refractivity contribution in [2.45, 2.75) is 39.8 Å². The Morgan fingerprint density at radius 1 is 1.10 bits per heavy atom. The SMILES string of the molecule is COc1ccc(C)cc1NC(=O)[C@H](C)OC(=O)[C@H](NC(=O)c1cccs1)C(C)C. The molecule has 0 aliphatic carbocycles. The Bertz CT molecular complexity index is 864. The molecule has 0 unspecified atom stereocenters. The van der Waals surface area contributed by atoms with E-state index in [4.69, 9.17) is 9.47 Å². The first-order chi connectivity index (χ1) is 13.7. The molecular weight excluding hydrogens is 392 g/mol. The van der Waals surface area contributed by atoms with Crippen LogP contribution in [-0.4, -0.2) is 37.0 Å². The summed E-state index contributed by atoms with van der Waals surface area (Å²) in [5, 5.41) is 7.18. The van der Waals surface area contributed by atoms with Crippen molar-refractivity contribution in [3.63, 3.8) is 0 Å². The lowest BCUT2D eigenvalue weighted by Crippen LogP contribution is -2.47. The van der Waals surface area contributed by atoms with Gasteiger partial charge in [-0.1, -0.05) is 26.0 Å². The Labute approximate surface area is 174 Å². The van der Waals surface area contributed by atoms with Gasteiger partial charge in [-0.25, -0.2) is 4.79 Å². The second-order valence-corrected chi connectivity index (χ2v) is 7.89. The number of amides is 2. The molecule has 0 aliphatic heterocycles. The van der Waals surface area contributed by atoms with Gasteiger partial charge < -0.3 is 20.1 Å². The predicted molar refractivity (Wildman–Crippen MR) is 112 cm³/mol. The highest BCUT2D eigenvalue weighted by atomic mass is 32.1. The third kappa shape index (κ3) is 6.05. The van der Waals surface area contributed by atoms with Gasteiger partial charge in [0.2, 0.25) is 0 Å². The van der Waals surface area contributed by atoms with E-state index in [2.05, 4.69) is 10.6 Å². The van der Waals surface area contributed by atoms with E-state index in [-0.39, 0.29) is 11.8 Å². The van der Waals surface area contributed by atoms with Crippen LogP contribution in [0.5, 0.6) is 5.75 Å². The lowest BCUT2D eigenvalue weighted by molar-refractivity contribution is -0.156. The number of rotatable bonds is 8. The van der Waals surface area contributed by atoms with Crippen molar-refractivity contribution in [1.29, 1.82) is 0 Å². The molecule has 2 amide bonds. The molecule has 1 aromatic carbocycles. The number of hydrogen-bond donors (Lipinski definition) is 2. The monoisotopic (exact) mass is 418 g/mol. The maximum Gasteiger partial charge on any atom is 0.329 e. The minimum Gasteiger partial charge on any atom is -0.495 e. The number of methoxy groups -OCH3 is 1. The highest BCUT2D eigenvalue weighted by molar-refractivity contribution is 7.12. The number of esters is 1. The summed E-state index contributed by atoms with van der Waals surface area (Å²) in [6.07, 6.45) is -1.05. The van der Waals surface area contributed by atoms with E-state index in [1.165, 1.54) is 25.4 Å². The summed E-state index contributed by atoms with van der Waals surface area (Å²) in [6, 6.07) is 7.94. The summed E-state index contributed by atoms with van der Waals surface area (Å²) in [4.78, 5) is 37.9. The molecule has 0 radical (unpaired) electrons. The topological polar surface area (TPSA) is 93.7 Å². The van der Waals surface area contributed by atoms with Gasteiger partial charge in [0.25, 0.3) is 11.8 Å². The van der Waals surface area contributed by atoms with Gasteiger partial charge >= 0.3 is 5.97 Å². The summed E-state index contributed by atoms with van der Waals surface area (Å²) >= 11 is 1.28. The van der Waals surface area contributed by atoms with Crippen LogP contribution < -0.4 is 15.4 Å². The fourth-order valence-corrected chi connectivity index (χ4v) is 3.20. The van der Waals surface area contributed by atoms with Crippen molar-refractivity contribution < 1.29 is 23.9 Å². The molecule has 2 aromatic rings. The van der Waals surface area contributed by atoms with Gasteiger partial charge in [-0.15, -0.1) is 11.3 Å². The summed E-state index contributed by atoms with van der Waals surface area (Å²) in [5.74, 6) is -1.21. The number of nitrogens with one attached hydrogen (secondary N) is 2. The average molecular weight is 419 g/mol.